The van der Waals surface area contributed by atoms with E-state index in [0.717, 1.165) is 5.39 Å². The third-order valence-electron chi connectivity index (χ3n) is 3.60. The van der Waals surface area contributed by atoms with Crippen LogP contribution in [0.5, 0.6) is 0 Å². The Balaban J connectivity index is 1.67. The second kappa shape index (κ2) is 8.10. The van der Waals surface area contributed by atoms with E-state index in [9.17, 15) is 9.59 Å². The van der Waals surface area contributed by atoms with Crippen LogP contribution in [0.3, 0.4) is 0 Å². The fourth-order valence-electron chi connectivity index (χ4n) is 2.46. The molecule has 138 valence electrons. The SMILES string of the molecule is CC(C)OC(=O)c1cccc(NC(=O)C=Cc2cc3cc(Cl)ccc3o2)c1. The minimum Gasteiger partial charge on any atom is -0.459 e. The van der Waals surface area contributed by atoms with Crippen molar-refractivity contribution in [1.82, 2.24) is 0 Å². The molecular weight excluding hydrogens is 366 g/mol. The van der Waals surface area contributed by atoms with Crippen molar-refractivity contribution >= 4 is 46.2 Å². The van der Waals surface area contributed by atoms with Crippen molar-refractivity contribution < 1.29 is 18.7 Å². The van der Waals surface area contributed by atoms with Gasteiger partial charge in [-0.25, -0.2) is 4.79 Å². The van der Waals surface area contributed by atoms with Gasteiger partial charge < -0.3 is 14.5 Å². The molecule has 1 heterocycles. The lowest BCUT2D eigenvalue weighted by Crippen LogP contribution is -2.13. The maximum atomic E-state index is 12.1. The number of amides is 1. The summed E-state index contributed by atoms with van der Waals surface area (Å²) in [6.45, 7) is 3.56. The predicted octanol–water partition coefficient (Wildman–Crippen LogP) is 5.30. The smallest absolute Gasteiger partial charge is 0.338 e. The zero-order chi connectivity index (χ0) is 19.4. The van der Waals surface area contributed by atoms with Gasteiger partial charge in [0.25, 0.3) is 0 Å². The summed E-state index contributed by atoms with van der Waals surface area (Å²) in [5.41, 5.74) is 1.56. The van der Waals surface area contributed by atoms with Gasteiger partial charge in [-0.05, 0) is 62.4 Å². The largest absolute Gasteiger partial charge is 0.459 e. The van der Waals surface area contributed by atoms with Gasteiger partial charge in [0.15, 0.2) is 0 Å². The monoisotopic (exact) mass is 383 g/mol. The van der Waals surface area contributed by atoms with Crippen molar-refractivity contribution in [3.05, 3.63) is 71.0 Å². The molecule has 0 aliphatic carbocycles. The molecule has 0 atom stereocenters. The molecule has 0 unspecified atom stereocenters. The van der Waals surface area contributed by atoms with Crippen molar-refractivity contribution in [2.45, 2.75) is 20.0 Å². The Morgan fingerprint density at radius 3 is 2.74 bits per heavy atom. The summed E-state index contributed by atoms with van der Waals surface area (Å²) in [7, 11) is 0. The molecule has 0 radical (unpaired) electrons. The number of rotatable bonds is 5. The molecular formula is C21H18ClNO4. The van der Waals surface area contributed by atoms with Crippen LogP contribution < -0.4 is 5.32 Å². The summed E-state index contributed by atoms with van der Waals surface area (Å²) in [5, 5.41) is 4.19. The fraction of sp³-hybridized carbons (Fsp3) is 0.143. The Bertz CT molecular complexity index is 1020. The zero-order valence-electron chi connectivity index (χ0n) is 14.9. The van der Waals surface area contributed by atoms with E-state index in [1.165, 1.54) is 6.08 Å². The topological polar surface area (TPSA) is 68.5 Å². The van der Waals surface area contributed by atoms with E-state index >= 15 is 0 Å². The summed E-state index contributed by atoms with van der Waals surface area (Å²) < 4.78 is 10.8. The molecule has 6 heteroatoms. The number of ether oxygens (including phenoxy) is 1. The van der Waals surface area contributed by atoms with Crippen molar-refractivity contribution in [2.24, 2.45) is 0 Å². The second-order valence-corrected chi connectivity index (χ2v) is 6.62. The third-order valence-corrected chi connectivity index (χ3v) is 3.84. The van der Waals surface area contributed by atoms with Crippen LogP contribution in [0, 0.1) is 0 Å². The summed E-state index contributed by atoms with van der Waals surface area (Å²) in [6, 6.07) is 13.7. The summed E-state index contributed by atoms with van der Waals surface area (Å²) in [5.74, 6) is -0.239. The molecule has 0 fully saturated rings. The highest BCUT2D eigenvalue weighted by Gasteiger charge is 2.10. The van der Waals surface area contributed by atoms with Crippen LogP contribution in [0.15, 0.2) is 59.0 Å². The van der Waals surface area contributed by atoms with Gasteiger partial charge in [-0.3, -0.25) is 4.79 Å². The number of anilines is 1. The van der Waals surface area contributed by atoms with Crippen molar-refractivity contribution in [3.63, 3.8) is 0 Å². The first-order valence-corrected chi connectivity index (χ1v) is 8.78. The molecule has 0 saturated heterocycles. The minimum absolute atomic E-state index is 0.211. The lowest BCUT2D eigenvalue weighted by atomic mass is 10.2. The summed E-state index contributed by atoms with van der Waals surface area (Å²) in [6.07, 6.45) is 2.72. The van der Waals surface area contributed by atoms with Crippen LogP contribution in [0.4, 0.5) is 5.69 Å². The lowest BCUT2D eigenvalue weighted by Gasteiger charge is -2.09. The van der Waals surface area contributed by atoms with E-state index in [-0.39, 0.29) is 12.0 Å². The molecule has 0 spiro atoms. The van der Waals surface area contributed by atoms with Gasteiger partial charge in [0.1, 0.15) is 11.3 Å². The standard InChI is InChI=1S/C21H18ClNO4/c1-13(2)26-21(25)14-4-3-5-17(11-14)23-20(24)9-7-18-12-15-10-16(22)6-8-19(15)27-18/h3-13H,1-2H3,(H,23,24). The molecule has 0 aliphatic heterocycles. The molecule has 1 amide bonds. The second-order valence-electron chi connectivity index (χ2n) is 6.19. The number of esters is 1. The quantitative estimate of drug-likeness (QED) is 0.479. The molecule has 1 aromatic heterocycles. The highest BCUT2D eigenvalue weighted by molar-refractivity contribution is 6.31. The van der Waals surface area contributed by atoms with E-state index < -0.39 is 5.97 Å². The average molecular weight is 384 g/mol. The Morgan fingerprint density at radius 1 is 1.15 bits per heavy atom. The van der Waals surface area contributed by atoms with Crippen LogP contribution in [0.25, 0.3) is 17.0 Å². The number of carbonyl (C=O) groups is 2. The van der Waals surface area contributed by atoms with Crippen molar-refractivity contribution in [1.29, 1.82) is 0 Å². The highest BCUT2D eigenvalue weighted by Crippen LogP contribution is 2.23. The normalized spacial score (nSPS) is 11.3. The van der Waals surface area contributed by atoms with Crippen molar-refractivity contribution in [3.8, 4) is 0 Å². The lowest BCUT2D eigenvalue weighted by molar-refractivity contribution is -0.111. The maximum Gasteiger partial charge on any atom is 0.338 e. The number of benzene rings is 2. The average Bonchev–Trinajstić information content (AvgIpc) is 3.01. The number of carbonyl (C=O) groups excluding carboxylic acids is 2. The molecule has 0 aliphatic rings. The molecule has 3 aromatic rings. The predicted molar refractivity (Wildman–Crippen MR) is 106 cm³/mol. The highest BCUT2D eigenvalue weighted by atomic mass is 35.5. The third kappa shape index (κ3) is 4.99. The van der Waals surface area contributed by atoms with Crippen LogP contribution in [0.2, 0.25) is 5.02 Å². The number of halogens is 1. The number of nitrogens with one attached hydrogen (secondary N) is 1. The summed E-state index contributed by atoms with van der Waals surface area (Å²) >= 11 is 5.95. The molecule has 0 saturated carbocycles. The van der Waals surface area contributed by atoms with Gasteiger partial charge in [-0.1, -0.05) is 17.7 Å². The fourth-order valence-corrected chi connectivity index (χ4v) is 2.65. The minimum atomic E-state index is -0.433. The molecule has 5 nitrogen and oxygen atoms in total. The molecule has 2 aromatic carbocycles. The first kappa shape index (κ1) is 18.7. The van der Waals surface area contributed by atoms with Gasteiger partial charge in [-0.15, -0.1) is 0 Å². The van der Waals surface area contributed by atoms with Gasteiger partial charge >= 0.3 is 5.97 Å². The number of furan rings is 1. The maximum absolute atomic E-state index is 12.1. The van der Waals surface area contributed by atoms with Crippen LogP contribution in [0.1, 0.15) is 30.0 Å². The van der Waals surface area contributed by atoms with E-state index in [0.29, 0.717) is 27.6 Å². The molecule has 0 bridgehead atoms. The molecule has 1 N–H and O–H groups in total. The first-order valence-electron chi connectivity index (χ1n) is 8.40. The van der Waals surface area contributed by atoms with Gasteiger partial charge in [-0.2, -0.15) is 0 Å². The zero-order valence-corrected chi connectivity index (χ0v) is 15.6. The number of hydrogen-bond acceptors (Lipinski definition) is 4. The van der Waals surface area contributed by atoms with E-state index in [1.54, 1.807) is 68.5 Å². The van der Waals surface area contributed by atoms with Crippen molar-refractivity contribution in [2.75, 3.05) is 5.32 Å². The molecule has 27 heavy (non-hydrogen) atoms. The van der Waals surface area contributed by atoms with Crippen LogP contribution in [-0.4, -0.2) is 18.0 Å². The Kier molecular flexibility index (Phi) is 5.62. The first-order chi connectivity index (χ1) is 12.9. The van der Waals surface area contributed by atoms with Gasteiger partial charge in [0.2, 0.25) is 5.91 Å². The Hall–Kier alpha value is -3.05. The molecule has 3 rings (SSSR count). The number of hydrogen-bond donors (Lipinski definition) is 1. The van der Waals surface area contributed by atoms with Gasteiger partial charge in [0.05, 0.1) is 11.7 Å². The van der Waals surface area contributed by atoms with E-state index in [4.69, 9.17) is 20.8 Å². The summed E-state index contributed by atoms with van der Waals surface area (Å²) in [4.78, 5) is 24.1. The van der Waals surface area contributed by atoms with Crippen LogP contribution in [-0.2, 0) is 9.53 Å². The Morgan fingerprint density at radius 2 is 1.96 bits per heavy atom. The number of fused-ring (bicyclic) bond motifs is 1. The Labute approximate surface area is 161 Å². The van der Waals surface area contributed by atoms with E-state index in [1.807, 2.05) is 0 Å². The van der Waals surface area contributed by atoms with Gasteiger partial charge in [0, 0.05) is 22.2 Å². The van der Waals surface area contributed by atoms with Crippen LogP contribution >= 0.6 is 11.6 Å². The van der Waals surface area contributed by atoms with E-state index in [2.05, 4.69) is 5.32 Å².